The lowest BCUT2D eigenvalue weighted by Crippen LogP contribution is -2.36. The van der Waals surface area contributed by atoms with Crippen LogP contribution >= 0.6 is 0 Å². The number of fused-ring (bicyclic) bond motifs is 1. The number of aromatic nitrogens is 3. The summed E-state index contributed by atoms with van der Waals surface area (Å²) in [4.78, 5) is 31.6. The number of benzene rings is 2. The fourth-order valence-electron chi connectivity index (χ4n) is 3.55. The van der Waals surface area contributed by atoms with Crippen molar-refractivity contribution in [3.05, 3.63) is 100 Å². The van der Waals surface area contributed by atoms with E-state index in [1.54, 1.807) is 30.4 Å². The SMILES string of the molecule is Cc1ccccc1N(C)C(=O)Cn1nc(Cc2ccncc2)c2ccccc2c1=O. The summed E-state index contributed by atoms with van der Waals surface area (Å²) in [6.07, 6.45) is 4.01. The maximum atomic E-state index is 13.0. The first-order chi connectivity index (χ1) is 14.5. The molecule has 2 aromatic carbocycles. The molecule has 0 unspecified atom stereocenters. The van der Waals surface area contributed by atoms with Gasteiger partial charge in [-0.25, -0.2) is 4.68 Å². The van der Waals surface area contributed by atoms with Crippen LogP contribution in [-0.2, 0) is 17.8 Å². The van der Waals surface area contributed by atoms with E-state index in [1.807, 2.05) is 61.5 Å². The molecule has 4 aromatic rings. The first-order valence-corrected chi connectivity index (χ1v) is 9.74. The van der Waals surface area contributed by atoms with Crippen LogP contribution in [0.5, 0.6) is 0 Å². The van der Waals surface area contributed by atoms with Crippen LogP contribution in [0, 0.1) is 6.92 Å². The Kier molecular flexibility index (Phi) is 5.39. The van der Waals surface area contributed by atoms with E-state index in [2.05, 4.69) is 10.1 Å². The van der Waals surface area contributed by atoms with Crippen molar-refractivity contribution in [2.24, 2.45) is 0 Å². The number of anilines is 1. The number of nitrogens with zero attached hydrogens (tertiary/aromatic N) is 4. The molecule has 0 saturated carbocycles. The Morgan fingerprint density at radius 1 is 0.967 bits per heavy atom. The van der Waals surface area contributed by atoms with E-state index in [0.717, 1.165) is 27.9 Å². The van der Waals surface area contributed by atoms with E-state index in [-0.39, 0.29) is 18.0 Å². The van der Waals surface area contributed by atoms with Gasteiger partial charge >= 0.3 is 0 Å². The van der Waals surface area contributed by atoms with Crippen LogP contribution in [0.15, 0.2) is 77.9 Å². The molecule has 0 saturated heterocycles. The first kappa shape index (κ1) is 19.5. The number of aryl methyl sites for hydroxylation is 1. The topological polar surface area (TPSA) is 68.1 Å². The van der Waals surface area contributed by atoms with Gasteiger partial charge in [0.15, 0.2) is 0 Å². The highest BCUT2D eigenvalue weighted by atomic mass is 16.2. The summed E-state index contributed by atoms with van der Waals surface area (Å²) in [6.45, 7) is 1.82. The summed E-state index contributed by atoms with van der Waals surface area (Å²) in [6, 6.07) is 18.9. The molecule has 0 aliphatic carbocycles. The Balaban J connectivity index is 1.72. The van der Waals surface area contributed by atoms with E-state index in [9.17, 15) is 9.59 Å². The smallest absolute Gasteiger partial charge is 0.275 e. The predicted molar refractivity (Wildman–Crippen MR) is 118 cm³/mol. The highest BCUT2D eigenvalue weighted by Crippen LogP contribution is 2.19. The third-order valence-corrected chi connectivity index (χ3v) is 5.20. The number of rotatable bonds is 5. The van der Waals surface area contributed by atoms with E-state index in [4.69, 9.17) is 0 Å². The molecule has 0 radical (unpaired) electrons. The number of likely N-dealkylation sites (N-methyl/N-ethyl adjacent to an activating group) is 1. The number of carbonyl (C=O) groups excluding carboxylic acids is 1. The lowest BCUT2D eigenvalue weighted by molar-refractivity contribution is -0.119. The molecular formula is C24H22N4O2. The standard InChI is InChI=1S/C24H22N4O2/c1-17-7-3-6-10-22(17)27(2)23(29)16-28-24(30)20-9-5-4-8-19(20)21(26-28)15-18-11-13-25-14-12-18/h3-14H,15-16H2,1-2H3. The minimum atomic E-state index is -0.268. The zero-order chi connectivity index (χ0) is 21.1. The highest BCUT2D eigenvalue weighted by Gasteiger charge is 2.17. The molecule has 0 fully saturated rings. The summed E-state index contributed by atoms with van der Waals surface area (Å²) in [5, 5.41) is 5.93. The summed E-state index contributed by atoms with van der Waals surface area (Å²) in [5.41, 5.74) is 3.33. The second kappa shape index (κ2) is 8.29. The minimum Gasteiger partial charge on any atom is -0.314 e. The summed E-state index contributed by atoms with van der Waals surface area (Å²) < 4.78 is 1.27. The van der Waals surface area contributed by atoms with Crippen LogP contribution in [0.3, 0.4) is 0 Å². The second-order valence-corrected chi connectivity index (χ2v) is 7.23. The zero-order valence-electron chi connectivity index (χ0n) is 16.9. The van der Waals surface area contributed by atoms with Gasteiger partial charge in [0.25, 0.3) is 5.56 Å². The number of amides is 1. The Morgan fingerprint density at radius 2 is 1.63 bits per heavy atom. The molecule has 30 heavy (non-hydrogen) atoms. The van der Waals surface area contributed by atoms with Gasteiger partial charge in [-0.3, -0.25) is 14.6 Å². The van der Waals surface area contributed by atoms with Crippen molar-refractivity contribution in [3.8, 4) is 0 Å². The largest absolute Gasteiger partial charge is 0.314 e. The molecule has 0 atom stereocenters. The Hall–Kier alpha value is -3.80. The lowest BCUT2D eigenvalue weighted by atomic mass is 10.1. The van der Waals surface area contributed by atoms with Gasteiger partial charge in [0.2, 0.25) is 5.91 Å². The van der Waals surface area contributed by atoms with Gasteiger partial charge in [0.05, 0.1) is 11.1 Å². The minimum absolute atomic E-state index is 0.127. The second-order valence-electron chi connectivity index (χ2n) is 7.23. The van der Waals surface area contributed by atoms with Gasteiger partial charge in [0, 0.05) is 36.9 Å². The average molecular weight is 398 g/mol. The third kappa shape index (κ3) is 3.85. The molecule has 1 amide bonds. The molecular weight excluding hydrogens is 376 g/mol. The van der Waals surface area contributed by atoms with Crippen molar-refractivity contribution in [2.75, 3.05) is 11.9 Å². The van der Waals surface area contributed by atoms with Crippen LogP contribution in [-0.4, -0.2) is 27.7 Å². The summed E-state index contributed by atoms with van der Waals surface area (Å²) in [5.74, 6) is -0.205. The van der Waals surface area contributed by atoms with E-state index < -0.39 is 0 Å². The number of para-hydroxylation sites is 1. The monoisotopic (exact) mass is 398 g/mol. The summed E-state index contributed by atoms with van der Waals surface area (Å²) in [7, 11) is 1.72. The Morgan fingerprint density at radius 3 is 2.37 bits per heavy atom. The van der Waals surface area contributed by atoms with Gasteiger partial charge in [-0.05, 0) is 42.3 Å². The molecule has 0 N–H and O–H groups in total. The molecule has 150 valence electrons. The Labute approximate surface area is 174 Å². The third-order valence-electron chi connectivity index (χ3n) is 5.20. The van der Waals surface area contributed by atoms with Gasteiger partial charge in [-0.15, -0.1) is 0 Å². The average Bonchev–Trinajstić information content (AvgIpc) is 2.77. The van der Waals surface area contributed by atoms with Crippen LogP contribution in [0.4, 0.5) is 5.69 Å². The fourth-order valence-corrected chi connectivity index (χ4v) is 3.55. The Bertz CT molecular complexity index is 1270. The van der Waals surface area contributed by atoms with Crippen molar-refractivity contribution in [1.29, 1.82) is 0 Å². The number of pyridine rings is 1. The van der Waals surface area contributed by atoms with Crippen molar-refractivity contribution >= 4 is 22.4 Å². The molecule has 2 heterocycles. The van der Waals surface area contributed by atoms with E-state index in [1.165, 1.54) is 4.68 Å². The molecule has 6 heteroatoms. The molecule has 0 spiro atoms. The van der Waals surface area contributed by atoms with Crippen molar-refractivity contribution in [3.63, 3.8) is 0 Å². The molecule has 6 nitrogen and oxygen atoms in total. The van der Waals surface area contributed by atoms with Gasteiger partial charge in [0.1, 0.15) is 6.54 Å². The van der Waals surface area contributed by atoms with Crippen LogP contribution in [0.25, 0.3) is 10.8 Å². The predicted octanol–water partition coefficient (Wildman–Crippen LogP) is 3.35. The fraction of sp³-hybridized carbons (Fsp3) is 0.167. The number of carbonyl (C=O) groups is 1. The first-order valence-electron chi connectivity index (χ1n) is 9.74. The van der Waals surface area contributed by atoms with E-state index >= 15 is 0 Å². The van der Waals surface area contributed by atoms with Crippen LogP contribution in [0.1, 0.15) is 16.8 Å². The van der Waals surface area contributed by atoms with Gasteiger partial charge < -0.3 is 4.90 Å². The molecule has 4 rings (SSSR count). The van der Waals surface area contributed by atoms with Crippen molar-refractivity contribution in [1.82, 2.24) is 14.8 Å². The molecule has 0 aliphatic rings. The van der Waals surface area contributed by atoms with Gasteiger partial charge in [-0.2, -0.15) is 5.10 Å². The quantitative estimate of drug-likeness (QED) is 0.517. The normalized spacial score (nSPS) is 10.9. The molecule has 2 aromatic heterocycles. The summed E-state index contributed by atoms with van der Waals surface area (Å²) >= 11 is 0. The molecule has 0 bridgehead atoms. The van der Waals surface area contributed by atoms with Crippen molar-refractivity contribution in [2.45, 2.75) is 19.9 Å². The van der Waals surface area contributed by atoms with E-state index in [0.29, 0.717) is 11.8 Å². The highest BCUT2D eigenvalue weighted by molar-refractivity contribution is 5.93. The lowest BCUT2D eigenvalue weighted by Gasteiger charge is -2.20. The van der Waals surface area contributed by atoms with Crippen LogP contribution < -0.4 is 10.5 Å². The van der Waals surface area contributed by atoms with Crippen molar-refractivity contribution < 1.29 is 4.79 Å². The molecule has 0 aliphatic heterocycles. The van der Waals surface area contributed by atoms with Crippen LogP contribution in [0.2, 0.25) is 0 Å². The maximum Gasteiger partial charge on any atom is 0.275 e. The number of hydrogen-bond acceptors (Lipinski definition) is 4. The van der Waals surface area contributed by atoms with Gasteiger partial charge in [-0.1, -0.05) is 36.4 Å². The maximum absolute atomic E-state index is 13.0. The number of hydrogen-bond donors (Lipinski definition) is 0. The zero-order valence-corrected chi connectivity index (χ0v) is 16.9.